The number of nitrogens with zero attached hydrogens (tertiary/aromatic N) is 1. The molecule has 3 heteroatoms. The summed E-state index contributed by atoms with van der Waals surface area (Å²) in [5.41, 5.74) is 1.11. The number of phenols is 1. The van der Waals surface area contributed by atoms with E-state index in [4.69, 9.17) is 9.84 Å². The Hall–Kier alpha value is -1.51. The Bertz CT molecular complexity index is 316. The fourth-order valence-electron chi connectivity index (χ4n) is 1.27. The molecule has 0 spiro atoms. The van der Waals surface area contributed by atoms with Crippen molar-refractivity contribution in [1.29, 1.82) is 0 Å². The molecule has 3 nitrogen and oxygen atoms in total. The predicted molar refractivity (Wildman–Crippen MR) is 50.1 cm³/mol. The molecule has 0 bridgehead atoms. The Morgan fingerprint density at radius 1 is 1.31 bits per heavy atom. The molecule has 0 fully saturated rings. The molecule has 0 atom stereocenters. The zero-order valence-corrected chi connectivity index (χ0v) is 7.23. The Balaban J connectivity index is 2.05. The largest absolute Gasteiger partial charge is 0.508 e. The summed E-state index contributed by atoms with van der Waals surface area (Å²) in [6.07, 6.45) is 0.722. The number of hydrogen-bond acceptors (Lipinski definition) is 3. The Labute approximate surface area is 76.7 Å². The van der Waals surface area contributed by atoms with Crippen molar-refractivity contribution in [2.45, 2.75) is 6.42 Å². The molecule has 1 aliphatic rings. The number of ether oxygens (including phenoxy) is 1. The van der Waals surface area contributed by atoms with Crippen molar-refractivity contribution < 1.29 is 9.84 Å². The van der Waals surface area contributed by atoms with E-state index in [1.54, 1.807) is 12.1 Å². The van der Waals surface area contributed by atoms with Crippen molar-refractivity contribution in [3.63, 3.8) is 0 Å². The predicted octanol–water partition coefficient (Wildman–Crippen LogP) is 1.36. The summed E-state index contributed by atoms with van der Waals surface area (Å²) in [5.74, 6) is 1.09. The van der Waals surface area contributed by atoms with Gasteiger partial charge in [0.1, 0.15) is 12.4 Å². The number of aromatic hydroxyl groups is 1. The average molecular weight is 177 g/mol. The Kier molecular flexibility index (Phi) is 2.17. The van der Waals surface area contributed by atoms with Gasteiger partial charge in [-0.25, -0.2) is 0 Å². The van der Waals surface area contributed by atoms with E-state index in [0.717, 1.165) is 24.4 Å². The number of aliphatic imine (C=N–C) groups is 1. The topological polar surface area (TPSA) is 41.8 Å². The van der Waals surface area contributed by atoms with Gasteiger partial charge in [0.25, 0.3) is 0 Å². The van der Waals surface area contributed by atoms with Crippen LogP contribution in [0.3, 0.4) is 0 Å². The zero-order chi connectivity index (χ0) is 9.10. The molecular weight excluding hydrogens is 166 g/mol. The van der Waals surface area contributed by atoms with Crippen LogP contribution >= 0.6 is 0 Å². The van der Waals surface area contributed by atoms with Gasteiger partial charge in [-0.1, -0.05) is 12.1 Å². The third-order valence-electron chi connectivity index (χ3n) is 1.94. The van der Waals surface area contributed by atoms with E-state index in [1.807, 2.05) is 12.1 Å². The molecule has 2 rings (SSSR count). The minimum Gasteiger partial charge on any atom is -0.508 e. The summed E-state index contributed by atoms with van der Waals surface area (Å²) in [7, 11) is 0. The van der Waals surface area contributed by atoms with E-state index in [2.05, 4.69) is 4.99 Å². The second-order valence-corrected chi connectivity index (χ2v) is 2.97. The molecule has 0 aliphatic carbocycles. The fourth-order valence-corrected chi connectivity index (χ4v) is 1.27. The normalized spacial score (nSPS) is 15.2. The SMILES string of the molecule is Oc1ccc(CC2=NCCO2)cc1. The Morgan fingerprint density at radius 2 is 2.08 bits per heavy atom. The highest BCUT2D eigenvalue weighted by atomic mass is 16.5. The van der Waals surface area contributed by atoms with Crippen molar-refractivity contribution in [3.05, 3.63) is 29.8 Å². The first-order valence-electron chi connectivity index (χ1n) is 4.28. The molecule has 0 amide bonds. The summed E-state index contributed by atoms with van der Waals surface area (Å²) >= 11 is 0. The maximum absolute atomic E-state index is 9.06. The van der Waals surface area contributed by atoms with Crippen LogP contribution in [0, 0.1) is 0 Å². The van der Waals surface area contributed by atoms with Gasteiger partial charge >= 0.3 is 0 Å². The molecule has 13 heavy (non-hydrogen) atoms. The lowest BCUT2D eigenvalue weighted by Crippen LogP contribution is -2.02. The molecule has 1 aliphatic heterocycles. The van der Waals surface area contributed by atoms with E-state index >= 15 is 0 Å². The van der Waals surface area contributed by atoms with Gasteiger partial charge in [-0.3, -0.25) is 4.99 Å². The van der Waals surface area contributed by atoms with Crippen LogP contribution in [0.1, 0.15) is 5.56 Å². The first-order valence-corrected chi connectivity index (χ1v) is 4.28. The van der Waals surface area contributed by atoms with Gasteiger partial charge in [0, 0.05) is 6.42 Å². The number of benzene rings is 1. The van der Waals surface area contributed by atoms with Crippen LogP contribution in [-0.4, -0.2) is 24.2 Å². The minimum absolute atomic E-state index is 0.290. The molecule has 1 aromatic carbocycles. The standard InChI is InChI=1S/C10H11NO2/c12-9-3-1-8(2-4-9)7-10-11-5-6-13-10/h1-4,12H,5-7H2. The third kappa shape index (κ3) is 1.99. The molecular formula is C10H11NO2. The van der Waals surface area contributed by atoms with Gasteiger partial charge in [-0.15, -0.1) is 0 Å². The first-order chi connectivity index (χ1) is 6.34. The van der Waals surface area contributed by atoms with Crippen molar-refractivity contribution in [1.82, 2.24) is 0 Å². The maximum atomic E-state index is 9.06. The van der Waals surface area contributed by atoms with Crippen LogP contribution in [0.4, 0.5) is 0 Å². The summed E-state index contributed by atoms with van der Waals surface area (Å²) in [4.78, 5) is 4.19. The van der Waals surface area contributed by atoms with Gasteiger partial charge in [0.15, 0.2) is 5.90 Å². The molecule has 1 aromatic rings. The molecule has 68 valence electrons. The van der Waals surface area contributed by atoms with Crippen LogP contribution in [-0.2, 0) is 11.2 Å². The van der Waals surface area contributed by atoms with Crippen LogP contribution in [0.25, 0.3) is 0 Å². The lowest BCUT2D eigenvalue weighted by molar-refractivity contribution is 0.341. The molecule has 1 heterocycles. The van der Waals surface area contributed by atoms with Gasteiger partial charge in [-0.05, 0) is 17.7 Å². The lowest BCUT2D eigenvalue weighted by Gasteiger charge is -2.01. The fraction of sp³-hybridized carbons (Fsp3) is 0.300. The van der Waals surface area contributed by atoms with E-state index in [9.17, 15) is 0 Å². The molecule has 0 saturated heterocycles. The van der Waals surface area contributed by atoms with Crippen LogP contribution in [0.5, 0.6) is 5.75 Å². The van der Waals surface area contributed by atoms with Gasteiger partial charge in [-0.2, -0.15) is 0 Å². The maximum Gasteiger partial charge on any atom is 0.187 e. The second kappa shape index (κ2) is 3.47. The van der Waals surface area contributed by atoms with Crippen molar-refractivity contribution in [3.8, 4) is 5.75 Å². The molecule has 0 aromatic heterocycles. The monoisotopic (exact) mass is 177 g/mol. The second-order valence-electron chi connectivity index (χ2n) is 2.97. The summed E-state index contributed by atoms with van der Waals surface area (Å²) in [5, 5.41) is 9.06. The van der Waals surface area contributed by atoms with Crippen molar-refractivity contribution in [2.24, 2.45) is 4.99 Å². The highest BCUT2D eigenvalue weighted by Crippen LogP contribution is 2.11. The number of hydrogen-bond donors (Lipinski definition) is 1. The van der Waals surface area contributed by atoms with Crippen LogP contribution in [0.2, 0.25) is 0 Å². The number of rotatable bonds is 2. The molecule has 0 saturated carbocycles. The molecule has 0 unspecified atom stereocenters. The highest BCUT2D eigenvalue weighted by Gasteiger charge is 2.07. The summed E-state index contributed by atoms with van der Waals surface area (Å²) in [6.45, 7) is 1.47. The lowest BCUT2D eigenvalue weighted by atomic mass is 10.1. The molecule has 1 N–H and O–H groups in total. The summed E-state index contributed by atoms with van der Waals surface area (Å²) < 4.78 is 5.27. The van der Waals surface area contributed by atoms with Crippen molar-refractivity contribution >= 4 is 5.90 Å². The van der Waals surface area contributed by atoms with Gasteiger partial charge in [0.05, 0.1) is 6.54 Å². The van der Waals surface area contributed by atoms with E-state index in [0.29, 0.717) is 6.61 Å². The highest BCUT2D eigenvalue weighted by molar-refractivity contribution is 5.79. The summed E-state index contributed by atoms with van der Waals surface area (Å²) in [6, 6.07) is 7.09. The average Bonchev–Trinajstić information content (AvgIpc) is 2.62. The Morgan fingerprint density at radius 3 is 2.69 bits per heavy atom. The van der Waals surface area contributed by atoms with Crippen LogP contribution in [0.15, 0.2) is 29.3 Å². The van der Waals surface area contributed by atoms with Gasteiger partial charge < -0.3 is 9.84 Å². The minimum atomic E-state index is 0.290. The quantitative estimate of drug-likeness (QED) is 0.741. The smallest absolute Gasteiger partial charge is 0.187 e. The molecule has 0 radical (unpaired) electrons. The van der Waals surface area contributed by atoms with Crippen LogP contribution < -0.4 is 0 Å². The third-order valence-corrected chi connectivity index (χ3v) is 1.94. The number of phenolic OH excluding ortho intramolecular Hbond substituents is 1. The van der Waals surface area contributed by atoms with Crippen molar-refractivity contribution in [2.75, 3.05) is 13.2 Å². The van der Waals surface area contributed by atoms with E-state index in [1.165, 1.54) is 0 Å². The zero-order valence-electron chi connectivity index (χ0n) is 7.23. The van der Waals surface area contributed by atoms with E-state index < -0.39 is 0 Å². The first kappa shape index (κ1) is 8.10. The van der Waals surface area contributed by atoms with Gasteiger partial charge in [0.2, 0.25) is 0 Å². The van der Waals surface area contributed by atoms with E-state index in [-0.39, 0.29) is 5.75 Å².